The van der Waals surface area contributed by atoms with Crippen molar-refractivity contribution in [2.45, 2.75) is 0 Å². The maximum atomic E-state index is 12.8. The van der Waals surface area contributed by atoms with Crippen molar-refractivity contribution in [3.8, 4) is 5.69 Å². The second kappa shape index (κ2) is 3.99. The van der Waals surface area contributed by atoms with E-state index >= 15 is 0 Å². The molecule has 0 unspecified atom stereocenters. The summed E-state index contributed by atoms with van der Waals surface area (Å²) in [6, 6.07) is 10.7. The lowest BCUT2D eigenvalue weighted by molar-refractivity contribution is 0.627. The molecular weight excluding hydrogens is 255 g/mol. The molecule has 0 atom stereocenters. The van der Waals surface area contributed by atoms with Crippen molar-refractivity contribution in [2.24, 2.45) is 0 Å². The Hall–Kier alpha value is -2.07. The van der Waals surface area contributed by atoms with Crippen LogP contribution in [0.4, 0.5) is 4.39 Å². The summed E-state index contributed by atoms with van der Waals surface area (Å²) in [4.78, 5) is 12.1. The van der Waals surface area contributed by atoms with Gasteiger partial charge in [0.25, 0.3) is 5.56 Å². The Bertz CT molecular complexity index is 774. The standard InChI is InChI=1S/C13H8ClFN2O/c14-8-1-6-11-12(7-8)16-17(13(11)18)10-4-2-9(15)3-5-10/h1-7,16H. The lowest BCUT2D eigenvalue weighted by atomic mass is 10.2. The maximum Gasteiger partial charge on any atom is 0.279 e. The van der Waals surface area contributed by atoms with Crippen molar-refractivity contribution < 1.29 is 4.39 Å². The quantitative estimate of drug-likeness (QED) is 0.719. The SMILES string of the molecule is O=c1c2ccc(Cl)cc2[nH]n1-c1ccc(F)cc1. The predicted molar refractivity (Wildman–Crippen MR) is 68.9 cm³/mol. The summed E-state index contributed by atoms with van der Waals surface area (Å²) in [6.07, 6.45) is 0. The third-order valence-corrected chi connectivity index (χ3v) is 2.97. The average molecular weight is 263 g/mol. The number of benzene rings is 2. The van der Waals surface area contributed by atoms with Gasteiger partial charge in [-0.05, 0) is 42.5 Å². The van der Waals surface area contributed by atoms with Crippen molar-refractivity contribution in [2.75, 3.05) is 0 Å². The summed E-state index contributed by atoms with van der Waals surface area (Å²) < 4.78 is 14.2. The third kappa shape index (κ3) is 1.71. The molecular formula is C13H8ClFN2O. The van der Waals surface area contributed by atoms with Gasteiger partial charge in [0.2, 0.25) is 0 Å². The highest BCUT2D eigenvalue weighted by molar-refractivity contribution is 6.31. The van der Waals surface area contributed by atoms with Gasteiger partial charge in [-0.25, -0.2) is 9.07 Å². The van der Waals surface area contributed by atoms with Crippen LogP contribution in [0.3, 0.4) is 0 Å². The lowest BCUT2D eigenvalue weighted by Gasteiger charge is -2.00. The number of aromatic nitrogens is 2. The van der Waals surface area contributed by atoms with E-state index in [2.05, 4.69) is 5.10 Å². The van der Waals surface area contributed by atoms with Crippen LogP contribution in [0.25, 0.3) is 16.6 Å². The molecule has 3 nitrogen and oxygen atoms in total. The van der Waals surface area contributed by atoms with Crippen LogP contribution in [0, 0.1) is 5.82 Å². The van der Waals surface area contributed by atoms with Gasteiger partial charge in [0.1, 0.15) is 5.82 Å². The molecule has 2 aromatic carbocycles. The van der Waals surface area contributed by atoms with Gasteiger partial charge in [0, 0.05) is 5.02 Å². The van der Waals surface area contributed by atoms with E-state index in [1.165, 1.54) is 28.9 Å². The molecule has 0 saturated heterocycles. The Morgan fingerprint density at radius 2 is 1.83 bits per heavy atom. The van der Waals surface area contributed by atoms with Crippen LogP contribution >= 0.6 is 11.6 Å². The van der Waals surface area contributed by atoms with Crippen LogP contribution in [-0.4, -0.2) is 9.78 Å². The van der Waals surface area contributed by atoms with E-state index < -0.39 is 0 Å². The summed E-state index contributed by atoms with van der Waals surface area (Å²) >= 11 is 5.87. The zero-order valence-corrected chi connectivity index (χ0v) is 9.91. The molecule has 0 amide bonds. The number of nitrogens with zero attached hydrogens (tertiary/aromatic N) is 1. The van der Waals surface area contributed by atoms with E-state index in [1.54, 1.807) is 18.2 Å². The molecule has 0 fully saturated rings. The number of H-pyrrole nitrogens is 1. The number of halogens is 2. The molecule has 0 aliphatic rings. The first kappa shape index (κ1) is 11.0. The lowest BCUT2D eigenvalue weighted by Crippen LogP contribution is -2.13. The van der Waals surface area contributed by atoms with Crippen LogP contribution in [-0.2, 0) is 0 Å². The van der Waals surface area contributed by atoms with E-state index in [-0.39, 0.29) is 11.4 Å². The molecule has 0 radical (unpaired) electrons. The smallest absolute Gasteiger partial charge is 0.279 e. The Kier molecular flexibility index (Phi) is 2.45. The van der Waals surface area contributed by atoms with E-state index in [4.69, 9.17) is 11.6 Å². The van der Waals surface area contributed by atoms with E-state index in [1.807, 2.05) is 0 Å². The first-order chi connectivity index (χ1) is 8.65. The van der Waals surface area contributed by atoms with Gasteiger partial charge in [-0.15, -0.1) is 0 Å². The highest BCUT2D eigenvalue weighted by atomic mass is 35.5. The van der Waals surface area contributed by atoms with Crippen LogP contribution < -0.4 is 5.56 Å². The fourth-order valence-electron chi connectivity index (χ4n) is 1.86. The van der Waals surface area contributed by atoms with E-state index in [9.17, 15) is 9.18 Å². The molecule has 0 aliphatic heterocycles. The number of nitrogens with one attached hydrogen (secondary N) is 1. The molecule has 5 heteroatoms. The van der Waals surface area contributed by atoms with Gasteiger partial charge in [-0.1, -0.05) is 11.6 Å². The number of aromatic amines is 1. The Morgan fingerprint density at radius 1 is 1.11 bits per heavy atom. The number of hydrogen-bond donors (Lipinski definition) is 1. The summed E-state index contributed by atoms with van der Waals surface area (Å²) in [5, 5.41) is 4.03. The van der Waals surface area contributed by atoms with Gasteiger partial charge < -0.3 is 0 Å². The molecule has 1 heterocycles. The number of rotatable bonds is 1. The van der Waals surface area contributed by atoms with Crippen molar-refractivity contribution in [1.82, 2.24) is 9.78 Å². The molecule has 0 aliphatic carbocycles. The van der Waals surface area contributed by atoms with Gasteiger partial charge in [-0.2, -0.15) is 0 Å². The topological polar surface area (TPSA) is 37.8 Å². The zero-order chi connectivity index (χ0) is 12.7. The molecule has 18 heavy (non-hydrogen) atoms. The summed E-state index contributed by atoms with van der Waals surface area (Å²) in [7, 11) is 0. The highest BCUT2D eigenvalue weighted by Crippen LogP contribution is 2.16. The van der Waals surface area contributed by atoms with Crippen LogP contribution in [0.2, 0.25) is 5.02 Å². The maximum absolute atomic E-state index is 12.8. The third-order valence-electron chi connectivity index (χ3n) is 2.73. The van der Waals surface area contributed by atoms with Crippen LogP contribution in [0.1, 0.15) is 0 Å². The molecule has 90 valence electrons. The van der Waals surface area contributed by atoms with Crippen molar-refractivity contribution >= 4 is 22.5 Å². The molecule has 0 bridgehead atoms. The molecule has 1 N–H and O–H groups in total. The fraction of sp³-hybridized carbons (Fsp3) is 0. The molecule has 3 rings (SSSR count). The van der Waals surface area contributed by atoms with Gasteiger partial charge >= 0.3 is 0 Å². The van der Waals surface area contributed by atoms with Crippen molar-refractivity contribution in [1.29, 1.82) is 0 Å². The van der Waals surface area contributed by atoms with Gasteiger partial charge in [-0.3, -0.25) is 9.89 Å². The Balaban J connectivity index is 2.27. The molecule has 0 saturated carbocycles. The Labute approximate surface area is 106 Å². The zero-order valence-electron chi connectivity index (χ0n) is 9.15. The number of hydrogen-bond acceptors (Lipinski definition) is 1. The first-order valence-corrected chi connectivity index (χ1v) is 5.69. The summed E-state index contributed by atoms with van der Waals surface area (Å²) in [6.45, 7) is 0. The molecule has 1 aromatic heterocycles. The largest absolute Gasteiger partial charge is 0.290 e. The van der Waals surface area contributed by atoms with E-state index in [0.29, 0.717) is 21.6 Å². The summed E-state index contributed by atoms with van der Waals surface area (Å²) in [5.74, 6) is -0.342. The van der Waals surface area contributed by atoms with E-state index in [0.717, 1.165) is 0 Å². The first-order valence-electron chi connectivity index (χ1n) is 5.31. The summed E-state index contributed by atoms with van der Waals surface area (Å²) in [5.41, 5.74) is 1.04. The van der Waals surface area contributed by atoms with Gasteiger partial charge in [0.15, 0.2) is 0 Å². The monoisotopic (exact) mass is 262 g/mol. The second-order valence-corrected chi connectivity index (χ2v) is 4.36. The average Bonchev–Trinajstić information content (AvgIpc) is 2.67. The van der Waals surface area contributed by atoms with Crippen LogP contribution in [0.5, 0.6) is 0 Å². The minimum absolute atomic E-state index is 0.187. The van der Waals surface area contributed by atoms with Gasteiger partial charge in [0.05, 0.1) is 16.6 Å². The number of fused-ring (bicyclic) bond motifs is 1. The minimum Gasteiger partial charge on any atom is -0.290 e. The molecule has 0 spiro atoms. The normalized spacial score (nSPS) is 11.0. The predicted octanol–water partition coefficient (Wildman–Crippen LogP) is 3.11. The Morgan fingerprint density at radius 3 is 2.56 bits per heavy atom. The second-order valence-electron chi connectivity index (χ2n) is 3.92. The van der Waals surface area contributed by atoms with Crippen molar-refractivity contribution in [3.63, 3.8) is 0 Å². The fourth-order valence-corrected chi connectivity index (χ4v) is 2.03. The molecule has 3 aromatic rings. The van der Waals surface area contributed by atoms with Crippen molar-refractivity contribution in [3.05, 3.63) is 63.7 Å². The minimum atomic E-state index is -0.342. The highest BCUT2D eigenvalue weighted by Gasteiger charge is 2.08. The van der Waals surface area contributed by atoms with Crippen LogP contribution in [0.15, 0.2) is 47.3 Å².